The standard InChI is InChI=1S/C49H44N2O5/c50-30-36-25-27-41(28-26-36)45-29-43(42-23-13-14-24-44(42)51-45)47(54-32-38-17-7-2-8-18-38)49(56-34-40-21-11-4-12-22-40)48(55-33-39-19-9-3-10-20-39)46(52)35-53-31-37-15-5-1-6-16-37/h1-29,46-49,52H,31-35H2/t46-,47-,48-,49-/m1/s1. The van der Waals surface area contributed by atoms with Crippen molar-refractivity contribution in [3.8, 4) is 17.3 Å². The van der Waals surface area contributed by atoms with Gasteiger partial charge in [0.2, 0.25) is 0 Å². The molecule has 7 aromatic rings. The number of ether oxygens (including phenoxy) is 4. The number of aliphatic hydroxyl groups is 1. The van der Waals surface area contributed by atoms with E-state index < -0.39 is 24.4 Å². The van der Waals surface area contributed by atoms with Gasteiger partial charge in [-0.3, -0.25) is 0 Å². The van der Waals surface area contributed by atoms with Gasteiger partial charge in [-0.05, 0) is 52.1 Å². The summed E-state index contributed by atoms with van der Waals surface area (Å²) in [5, 5.41) is 22.6. The van der Waals surface area contributed by atoms with Crippen LogP contribution in [0.5, 0.6) is 0 Å². The van der Waals surface area contributed by atoms with Crippen molar-refractivity contribution in [2.45, 2.75) is 50.8 Å². The Bertz CT molecular complexity index is 2280. The molecule has 6 aromatic carbocycles. The van der Waals surface area contributed by atoms with Crippen LogP contribution in [0.3, 0.4) is 0 Å². The number of rotatable bonds is 18. The number of aromatic nitrogens is 1. The van der Waals surface area contributed by atoms with Crippen molar-refractivity contribution in [1.29, 1.82) is 5.26 Å². The highest BCUT2D eigenvalue weighted by Crippen LogP contribution is 2.37. The summed E-state index contributed by atoms with van der Waals surface area (Å²) in [5.41, 5.74) is 7.64. The minimum absolute atomic E-state index is 0.00145. The van der Waals surface area contributed by atoms with Gasteiger partial charge in [0, 0.05) is 10.9 Å². The minimum Gasteiger partial charge on any atom is -0.388 e. The van der Waals surface area contributed by atoms with Gasteiger partial charge in [-0.2, -0.15) is 5.26 Å². The summed E-state index contributed by atoms with van der Waals surface area (Å²) < 4.78 is 26.9. The molecule has 0 fully saturated rings. The molecule has 1 heterocycles. The van der Waals surface area contributed by atoms with Crippen molar-refractivity contribution < 1.29 is 24.1 Å². The molecule has 0 bridgehead atoms. The summed E-state index contributed by atoms with van der Waals surface area (Å²) in [5.74, 6) is 0. The molecule has 0 aliphatic heterocycles. The predicted molar refractivity (Wildman–Crippen MR) is 218 cm³/mol. The number of para-hydroxylation sites is 1. The summed E-state index contributed by atoms with van der Waals surface area (Å²) in [7, 11) is 0. The third-order valence-electron chi connectivity index (χ3n) is 9.61. The summed E-state index contributed by atoms with van der Waals surface area (Å²) >= 11 is 0. The molecule has 7 rings (SSSR count). The lowest BCUT2D eigenvalue weighted by Gasteiger charge is -2.37. The van der Waals surface area contributed by atoms with Gasteiger partial charge >= 0.3 is 0 Å². The molecule has 0 aliphatic rings. The van der Waals surface area contributed by atoms with Crippen molar-refractivity contribution in [1.82, 2.24) is 4.98 Å². The normalized spacial score (nSPS) is 13.4. The second kappa shape index (κ2) is 19.6. The third-order valence-corrected chi connectivity index (χ3v) is 9.61. The topological polar surface area (TPSA) is 93.8 Å². The molecule has 1 aromatic heterocycles. The second-order valence-corrected chi connectivity index (χ2v) is 13.6. The molecular formula is C49H44N2O5. The number of nitriles is 1. The van der Waals surface area contributed by atoms with Crippen molar-refractivity contribution >= 4 is 10.9 Å². The molecule has 0 unspecified atom stereocenters. The average Bonchev–Trinajstić information content (AvgIpc) is 3.26. The second-order valence-electron chi connectivity index (χ2n) is 13.6. The van der Waals surface area contributed by atoms with Crippen molar-refractivity contribution in [3.05, 3.63) is 209 Å². The van der Waals surface area contributed by atoms with E-state index in [1.165, 1.54) is 0 Å². The van der Waals surface area contributed by atoms with Crippen LogP contribution in [0.2, 0.25) is 0 Å². The van der Waals surface area contributed by atoms with Gasteiger partial charge in [0.15, 0.2) is 0 Å². The fourth-order valence-corrected chi connectivity index (χ4v) is 6.70. The predicted octanol–water partition coefficient (Wildman–Crippen LogP) is 9.78. The fourth-order valence-electron chi connectivity index (χ4n) is 6.70. The first-order valence-corrected chi connectivity index (χ1v) is 18.8. The average molecular weight is 741 g/mol. The highest BCUT2D eigenvalue weighted by Gasteiger charge is 2.39. The van der Waals surface area contributed by atoms with Gasteiger partial charge in [0.05, 0.1) is 55.9 Å². The van der Waals surface area contributed by atoms with Gasteiger partial charge in [-0.25, -0.2) is 4.98 Å². The van der Waals surface area contributed by atoms with E-state index in [0.29, 0.717) is 17.9 Å². The number of fused-ring (bicyclic) bond motifs is 1. The first-order valence-electron chi connectivity index (χ1n) is 18.8. The van der Waals surface area contributed by atoms with Crippen LogP contribution in [0.15, 0.2) is 176 Å². The van der Waals surface area contributed by atoms with E-state index in [-0.39, 0.29) is 26.4 Å². The van der Waals surface area contributed by atoms with Crippen molar-refractivity contribution in [2.75, 3.05) is 6.61 Å². The number of pyridine rings is 1. The Morgan fingerprint density at radius 3 is 1.57 bits per heavy atom. The van der Waals surface area contributed by atoms with E-state index in [4.69, 9.17) is 23.9 Å². The summed E-state index contributed by atoms with van der Waals surface area (Å²) in [6.07, 6.45) is -3.59. The number of hydrogen-bond acceptors (Lipinski definition) is 7. The molecule has 7 nitrogen and oxygen atoms in total. The molecule has 0 amide bonds. The zero-order valence-corrected chi connectivity index (χ0v) is 31.1. The van der Waals surface area contributed by atoms with E-state index >= 15 is 0 Å². The maximum atomic E-state index is 12.2. The molecule has 0 saturated heterocycles. The van der Waals surface area contributed by atoms with Gasteiger partial charge in [0.1, 0.15) is 24.4 Å². The summed E-state index contributed by atoms with van der Waals surface area (Å²) in [4.78, 5) is 5.06. The zero-order valence-electron chi connectivity index (χ0n) is 31.1. The van der Waals surface area contributed by atoms with Crippen LogP contribution in [0.25, 0.3) is 22.2 Å². The Labute approximate surface area is 328 Å². The molecule has 4 atom stereocenters. The number of benzene rings is 6. The molecule has 0 spiro atoms. The van der Waals surface area contributed by atoms with Crippen molar-refractivity contribution in [2.24, 2.45) is 0 Å². The van der Waals surface area contributed by atoms with Crippen LogP contribution < -0.4 is 0 Å². The molecule has 0 radical (unpaired) electrons. The quantitative estimate of drug-likeness (QED) is 0.0937. The lowest BCUT2D eigenvalue weighted by atomic mass is 9.92. The van der Waals surface area contributed by atoms with Crippen molar-refractivity contribution in [3.63, 3.8) is 0 Å². The van der Waals surface area contributed by atoms with Crippen LogP contribution in [0.4, 0.5) is 0 Å². The van der Waals surface area contributed by atoms with Crippen LogP contribution >= 0.6 is 0 Å². The van der Waals surface area contributed by atoms with Gasteiger partial charge in [-0.15, -0.1) is 0 Å². The lowest BCUT2D eigenvalue weighted by Crippen LogP contribution is -2.47. The monoisotopic (exact) mass is 740 g/mol. The Hall–Kier alpha value is -5.98. The third kappa shape index (κ3) is 10.2. The van der Waals surface area contributed by atoms with Gasteiger partial charge in [0.25, 0.3) is 0 Å². The summed E-state index contributed by atoms with van der Waals surface area (Å²) in [6, 6.07) is 59.3. The Kier molecular flexibility index (Phi) is 13.4. The molecule has 0 aliphatic carbocycles. The van der Waals surface area contributed by atoms with Crippen LogP contribution in [0, 0.1) is 11.3 Å². The molecule has 56 heavy (non-hydrogen) atoms. The largest absolute Gasteiger partial charge is 0.388 e. The summed E-state index contributed by atoms with van der Waals surface area (Å²) in [6.45, 7) is 1.07. The lowest BCUT2D eigenvalue weighted by molar-refractivity contribution is -0.189. The van der Waals surface area contributed by atoms with Gasteiger partial charge < -0.3 is 24.1 Å². The SMILES string of the molecule is N#Cc1ccc(-c2cc([C@@H](OCc3ccccc3)[C@@H](OCc3ccccc3)[C@H](OCc3ccccc3)[C@H](O)COCc3ccccc3)c3ccccc3n2)cc1. The highest BCUT2D eigenvalue weighted by atomic mass is 16.6. The number of hydrogen-bond donors (Lipinski definition) is 1. The molecule has 0 saturated carbocycles. The van der Waals surface area contributed by atoms with E-state index in [9.17, 15) is 10.4 Å². The Morgan fingerprint density at radius 1 is 0.536 bits per heavy atom. The molecule has 7 heteroatoms. The number of nitrogens with zero attached hydrogens (tertiary/aromatic N) is 2. The minimum atomic E-state index is -1.10. The van der Waals surface area contributed by atoms with E-state index in [1.807, 2.05) is 164 Å². The zero-order chi connectivity index (χ0) is 38.4. The van der Waals surface area contributed by atoms with Crippen LogP contribution in [-0.4, -0.2) is 35.0 Å². The smallest absolute Gasteiger partial charge is 0.117 e. The van der Waals surface area contributed by atoms with E-state index in [1.54, 1.807) is 12.1 Å². The fraction of sp³-hybridized carbons (Fsp3) is 0.184. The van der Waals surface area contributed by atoms with E-state index in [0.717, 1.165) is 44.3 Å². The number of aliphatic hydroxyl groups excluding tert-OH is 1. The maximum Gasteiger partial charge on any atom is 0.117 e. The first-order chi connectivity index (χ1) is 27.6. The van der Waals surface area contributed by atoms with Crippen LogP contribution in [0.1, 0.15) is 39.5 Å². The highest BCUT2D eigenvalue weighted by molar-refractivity contribution is 5.85. The molecule has 280 valence electrons. The van der Waals surface area contributed by atoms with Crippen LogP contribution in [-0.2, 0) is 45.4 Å². The first kappa shape index (κ1) is 38.3. The van der Waals surface area contributed by atoms with Gasteiger partial charge in [-0.1, -0.05) is 152 Å². The maximum absolute atomic E-state index is 12.2. The Morgan fingerprint density at radius 2 is 1.02 bits per heavy atom. The van der Waals surface area contributed by atoms with E-state index in [2.05, 4.69) is 6.07 Å². The Balaban J connectivity index is 1.34. The molecular weight excluding hydrogens is 697 g/mol. The molecule has 1 N–H and O–H groups in total.